The van der Waals surface area contributed by atoms with Crippen molar-refractivity contribution >= 4 is 5.69 Å². The first kappa shape index (κ1) is 10.4. The van der Waals surface area contributed by atoms with Gasteiger partial charge in [-0.3, -0.25) is 4.68 Å². The first-order chi connectivity index (χ1) is 8.33. The average molecular weight is 227 g/mol. The van der Waals surface area contributed by atoms with E-state index in [2.05, 4.69) is 34.7 Å². The van der Waals surface area contributed by atoms with Gasteiger partial charge >= 0.3 is 0 Å². The molecule has 0 saturated carbocycles. The smallest absolute Gasteiger partial charge is 0.0668 e. The minimum absolute atomic E-state index is 0.936. The lowest BCUT2D eigenvalue weighted by Crippen LogP contribution is -2.13. The maximum Gasteiger partial charge on any atom is 0.0668 e. The van der Waals surface area contributed by atoms with E-state index in [0.717, 1.165) is 18.7 Å². The van der Waals surface area contributed by atoms with Crippen molar-refractivity contribution in [2.24, 2.45) is 7.05 Å². The summed E-state index contributed by atoms with van der Waals surface area (Å²) in [5.74, 6) is 0. The summed E-state index contributed by atoms with van der Waals surface area (Å²) in [5.41, 5.74) is 5.34. The number of hydrogen-bond donors (Lipinski definition) is 1. The topological polar surface area (TPSA) is 29.9 Å². The molecular formula is C14H17N3. The molecule has 1 aliphatic rings. The van der Waals surface area contributed by atoms with Crippen LogP contribution < -0.4 is 5.32 Å². The van der Waals surface area contributed by atoms with Gasteiger partial charge in [0.1, 0.15) is 0 Å². The van der Waals surface area contributed by atoms with E-state index in [1.54, 1.807) is 0 Å². The molecule has 1 aliphatic heterocycles. The number of aryl methyl sites for hydroxylation is 1. The van der Waals surface area contributed by atoms with Gasteiger partial charge in [0.15, 0.2) is 0 Å². The molecule has 1 aromatic carbocycles. The van der Waals surface area contributed by atoms with Gasteiger partial charge in [-0.25, -0.2) is 0 Å². The molecule has 88 valence electrons. The Morgan fingerprint density at radius 3 is 3.12 bits per heavy atom. The van der Waals surface area contributed by atoms with Gasteiger partial charge in [-0.2, -0.15) is 5.10 Å². The van der Waals surface area contributed by atoms with Crippen LogP contribution in [0.2, 0.25) is 0 Å². The standard InChI is InChI=1S/C14H17N3/c1-17-9-7-12(16-17)10-11-4-2-6-14-13(11)5-3-8-15-14/h2,4,6-7,9,15H,3,5,8,10H2,1H3. The van der Waals surface area contributed by atoms with Gasteiger partial charge < -0.3 is 5.32 Å². The fourth-order valence-corrected chi connectivity index (χ4v) is 2.50. The van der Waals surface area contributed by atoms with Crippen LogP contribution in [0.25, 0.3) is 0 Å². The monoisotopic (exact) mass is 227 g/mol. The van der Waals surface area contributed by atoms with Crippen LogP contribution in [0.3, 0.4) is 0 Å². The minimum atomic E-state index is 0.936. The van der Waals surface area contributed by atoms with Crippen molar-refractivity contribution in [1.82, 2.24) is 9.78 Å². The van der Waals surface area contributed by atoms with E-state index in [-0.39, 0.29) is 0 Å². The zero-order valence-electron chi connectivity index (χ0n) is 10.1. The number of hydrogen-bond acceptors (Lipinski definition) is 2. The van der Waals surface area contributed by atoms with E-state index in [1.807, 2.05) is 17.9 Å². The number of rotatable bonds is 2. The number of nitrogens with zero attached hydrogens (tertiary/aromatic N) is 2. The summed E-state index contributed by atoms with van der Waals surface area (Å²) >= 11 is 0. The van der Waals surface area contributed by atoms with Crippen LogP contribution in [-0.2, 0) is 19.9 Å². The van der Waals surface area contributed by atoms with E-state index in [1.165, 1.54) is 29.7 Å². The number of aromatic nitrogens is 2. The highest BCUT2D eigenvalue weighted by Gasteiger charge is 2.13. The molecule has 0 atom stereocenters. The summed E-state index contributed by atoms with van der Waals surface area (Å²) in [4.78, 5) is 0. The molecule has 0 spiro atoms. The van der Waals surface area contributed by atoms with Gasteiger partial charge in [-0.15, -0.1) is 0 Å². The van der Waals surface area contributed by atoms with Crippen molar-refractivity contribution < 1.29 is 0 Å². The van der Waals surface area contributed by atoms with Crippen molar-refractivity contribution in [3.05, 3.63) is 47.3 Å². The van der Waals surface area contributed by atoms with Crippen molar-refractivity contribution in [1.29, 1.82) is 0 Å². The normalized spacial score (nSPS) is 14.2. The Morgan fingerprint density at radius 1 is 1.35 bits per heavy atom. The van der Waals surface area contributed by atoms with Gasteiger partial charge in [0.25, 0.3) is 0 Å². The van der Waals surface area contributed by atoms with Crippen LogP contribution in [0.1, 0.15) is 23.2 Å². The Balaban J connectivity index is 1.92. The average Bonchev–Trinajstić information content (AvgIpc) is 2.75. The Morgan fingerprint density at radius 2 is 2.29 bits per heavy atom. The molecule has 17 heavy (non-hydrogen) atoms. The number of fused-ring (bicyclic) bond motifs is 1. The Labute approximate surface area is 101 Å². The van der Waals surface area contributed by atoms with E-state index in [4.69, 9.17) is 0 Å². The highest BCUT2D eigenvalue weighted by molar-refractivity contribution is 5.56. The number of benzene rings is 1. The predicted octanol–water partition coefficient (Wildman–Crippen LogP) is 2.37. The maximum absolute atomic E-state index is 4.45. The summed E-state index contributed by atoms with van der Waals surface area (Å²) in [6.45, 7) is 1.10. The third-order valence-corrected chi connectivity index (χ3v) is 3.33. The second-order valence-electron chi connectivity index (χ2n) is 4.63. The Kier molecular flexibility index (Phi) is 2.59. The quantitative estimate of drug-likeness (QED) is 0.853. The molecule has 1 aromatic heterocycles. The van der Waals surface area contributed by atoms with Crippen LogP contribution in [0.15, 0.2) is 30.5 Å². The highest BCUT2D eigenvalue weighted by Crippen LogP contribution is 2.26. The molecular weight excluding hydrogens is 210 g/mol. The van der Waals surface area contributed by atoms with Gasteiger partial charge in [0.2, 0.25) is 0 Å². The summed E-state index contributed by atoms with van der Waals surface area (Å²) in [5, 5.41) is 7.92. The molecule has 0 amide bonds. The van der Waals surface area contributed by atoms with E-state index in [9.17, 15) is 0 Å². The molecule has 2 heterocycles. The van der Waals surface area contributed by atoms with Crippen molar-refractivity contribution in [3.8, 4) is 0 Å². The molecule has 3 heteroatoms. The SMILES string of the molecule is Cn1ccc(Cc2cccc3c2CCCN3)n1. The summed E-state index contributed by atoms with van der Waals surface area (Å²) in [7, 11) is 1.96. The van der Waals surface area contributed by atoms with Crippen LogP contribution in [0.5, 0.6) is 0 Å². The molecule has 3 nitrogen and oxygen atoms in total. The van der Waals surface area contributed by atoms with Gasteiger partial charge in [0, 0.05) is 31.9 Å². The molecule has 0 fully saturated rings. The first-order valence-corrected chi connectivity index (χ1v) is 6.16. The van der Waals surface area contributed by atoms with Gasteiger partial charge in [0.05, 0.1) is 5.69 Å². The van der Waals surface area contributed by atoms with Crippen LogP contribution >= 0.6 is 0 Å². The fourth-order valence-electron chi connectivity index (χ4n) is 2.50. The largest absolute Gasteiger partial charge is 0.385 e. The number of nitrogens with one attached hydrogen (secondary N) is 1. The van der Waals surface area contributed by atoms with Gasteiger partial charge in [-0.1, -0.05) is 12.1 Å². The van der Waals surface area contributed by atoms with Crippen LogP contribution in [0, 0.1) is 0 Å². The summed E-state index contributed by atoms with van der Waals surface area (Å²) < 4.78 is 1.86. The van der Waals surface area contributed by atoms with Crippen molar-refractivity contribution in [2.75, 3.05) is 11.9 Å². The number of anilines is 1. The summed E-state index contributed by atoms with van der Waals surface area (Å²) in [6, 6.07) is 8.63. The zero-order chi connectivity index (χ0) is 11.7. The lowest BCUT2D eigenvalue weighted by molar-refractivity contribution is 0.746. The van der Waals surface area contributed by atoms with E-state index < -0.39 is 0 Å². The second-order valence-corrected chi connectivity index (χ2v) is 4.63. The molecule has 0 radical (unpaired) electrons. The third-order valence-electron chi connectivity index (χ3n) is 3.33. The molecule has 0 saturated heterocycles. The highest BCUT2D eigenvalue weighted by atomic mass is 15.2. The van der Waals surface area contributed by atoms with Crippen molar-refractivity contribution in [2.45, 2.75) is 19.3 Å². The molecule has 0 bridgehead atoms. The Hall–Kier alpha value is -1.77. The first-order valence-electron chi connectivity index (χ1n) is 6.16. The molecule has 3 rings (SSSR count). The molecule has 1 N–H and O–H groups in total. The second kappa shape index (κ2) is 4.24. The zero-order valence-corrected chi connectivity index (χ0v) is 10.1. The van der Waals surface area contributed by atoms with Crippen LogP contribution in [0.4, 0.5) is 5.69 Å². The van der Waals surface area contributed by atoms with Crippen LogP contribution in [-0.4, -0.2) is 16.3 Å². The molecule has 2 aromatic rings. The summed E-state index contributed by atoms with van der Waals surface area (Å²) in [6.07, 6.45) is 5.35. The predicted molar refractivity (Wildman–Crippen MR) is 69.3 cm³/mol. The molecule has 0 unspecified atom stereocenters. The lowest BCUT2D eigenvalue weighted by Gasteiger charge is -2.20. The third kappa shape index (κ3) is 2.05. The maximum atomic E-state index is 4.45. The molecule has 0 aliphatic carbocycles. The minimum Gasteiger partial charge on any atom is -0.385 e. The van der Waals surface area contributed by atoms with Crippen molar-refractivity contribution in [3.63, 3.8) is 0 Å². The Bertz CT molecular complexity index is 528. The van der Waals surface area contributed by atoms with E-state index in [0.29, 0.717) is 0 Å². The van der Waals surface area contributed by atoms with E-state index >= 15 is 0 Å². The fraction of sp³-hybridized carbons (Fsp3) is 0.357. The van der Waals surface area contributed by atoms with Gasteiger partial charge in [-0.05, 0) is 36.1 Å². The lowest BCUT2D eigenvalue weighted by atomic mass is 9.95.